The Morgan fingerprint density at radius 2 is 1.93 bits per heavy atom. The molecule has 1 aromatic rings. The molecule has 0 aliphatic rings. The molecule has 0 amide bonds. The number of benzene rings is 1. The largest absolute Gasteiger partial charge is 0.294 e. The summed E-state index contributed by atoms with van der Waals surface area (Å²) >= 11 is 5.69. The van der Waals surface area contributed by atoms with Crippen LogP contribution in [0.2, 0.25) is 5.02 Å². The van der Waals surface area contributed by atoms with Gasteiger partial charge >= 0.3 is 0 Å². The number of carbonyl (C=O) groups excluding carboxylic acids is 1. The summed E-state index contributed by atoms with van der Waals surface area (Å²) in [5.74, 6) is -0.228. The summed E-state index contributed by atoms with van der Waals surface area (Å²) in [6, 6.07) is 3.73. The van der Waals surface area contributed by atoms with Gasteiger partial charge in [-0.1, -0.05) is 11.6 Å². The first-order valence-electron chi connectivity index (χ1n) is 3.57. The molecule has 0 aromatic heterocycles. The van der Waals surface area contributed by atoms with E-state index in [-0.39, 0.29) is 21.3 Å². The van der Waals surface area contributed by atoms with Crippen molar-refractivity contribution in [1.82, 2.24) is 0 Å². The fraction of sp³-hybridized carbons (Fsp3) is 0.125. The first-order chi connectivity index (χ1) is 6.32. The van der Waals surface area contributed by atoms with Gasteiger partial charge in [-0.3, -0.25) is 4.79 Å². The van der Waals surface area contributed by atoms with E-state index >= 15 is 0 Å². The molecule has 0 radical (unpaired) electrons. The number of rotatable bonds is 2. The zero-order chi connectivity index (χ0) is 10.9. The maximum atomic E-state index is 11.0. The van der Waals surface area contributed by atoms with Crippen molar-refractivity contribution in [3.05, 3.63) is 28.8 Å². The van der Waals surface area contributed by atoms with Crippen molar-refractivity contribution in [2.24, 2.45) is 0 Å². The highest BCUT2D eigenvalue weighted by molar-refractivity contribution is 8.13. The van der Waals surface area contributed by atoms with E-state index in [4.69, 9.17) is 22.3 Å². The number of carbonyl (C=O) groups is 1. The van der Waals surface area contributed by atoms with Crippen LogP contribution < -0.4 is 0 Å². The van der Waals surface area contributed by atoms with Crippen molar-refractivity contribution in [3.63, 3.8) is 0 Å². The van der Waals surface area contributed by atoms with Gasteiger partial charge in [-0.2, -0.15) is 0 Å². The van der Waals surface area contributed by atoms with Gasteiger partial charge in [0, 0.05) is 16.2 Å². The van der Waals surface area contributed by atoms with Crippen LogP contribution in [0, 0.1) is 0 Å². The Labute approximate surface area is 91.1 Å². The lowest BCUT2D eigenvalue weighted by atomic mass is 10.1. The molecule has 0 spiro atoms. The van der Waals surface area contributed by atoms with Gasteiger partial charge in [-0.15, -0.1) is 0 Å². The lowest BCUT2D eigenvalue weighted by Crippen LogP contribution is -1.96. The monoisotopic (exact) mass is 252 g/mol. The lowest BCUT2D eigenvalue weighted by Gasteiger charge is -2.01. The third kappa shape index (κ3) is 2.47. The summed E-state index contributed by atoms with van der Waals surface area (Å²) in [5, 5.41) is 0.0826. The second kappa shape index (κ2) is 3.88. The van der Waals surface area contributed by atoms with Crippen molar-refractivity contribution < 1.29 is 13.2 Å². The van der Waals surface area contributed by atoms with Gasteiger partial charge in [0.05, 0.1) is 9.92 Å². The molecule has 14 heavy (non-hydrogen) atoms. The molecule has 1 rings (SSSR count). The average molecular weight is 253 g/mol. The summed E-state index contributed by atoms with van der Waals surface area (Å²) < 4.78 is 21.8. The molecular formula is C8H6Cl2O3S. The maximum absolute atomic E-state index is 11.0. The topological polar surface area (TPSA) is 51.2 Å². The van der Waals surface area contributed by atoms with Crippen molar-refractivity contribution >= 4 is 37.1 Å². The maximum Gasteiger partial charge on any atom is 0.261 e. The van der Waals surface area contributed by atoms with Crippen molar-refractivity contribution in [3.8, 4) is 0 Å². The standard InChI is InChI=1S/C8H6Cl2O3S/c1-5(11)7-3-2-6(4-8(7)9)14(10,12)13/h2-4H,1H3. The molecule has 0 N–H and O–H groups in total. The summed E-state index contributed by atoms with van der Waals surface area (Å²) in [5.41, 5.74) is 0.274. The molecule has 76 valence electrons. The van der Waals surface area contributed by atoms with Gasteiger partial charge in [0.1, 0.15) is 0 Å². The molecule has 0 unspecified atom stereocenters. The fourth-order valence-corrected chi connectivity index (χ4v) is 2.09. The third-order valence-corrected chi connectivity index (χ3v) is 3.27. The number of hydrogen-bond acceptors (Lipinski definition) is 3. The molecule has 0 heterocycles. The Bertz CT molecular complexity index is 479. The average Bonchev–Trinajstić information content (AvgIpc) is 2.01. The van der Waals surface area contributed by atoms with E-state index < -0.39 is 9.05 Å². The molecule has 0 aliphatic heterocycles. The zero-order valence-electron chi connectivity index (χ0n) is 7.12. The minimum absolute atomic E-state index is 0.0826. The summed E-state index contributed by atoms with van der Waals surface area (Å²) in [6.45, 7) is 1.34. The molecule has 3 nitrogen and oxygen atoms in total. The molecule has 0 atom stereocenters. The van der Waals surface area contributed by atoms with Crippen LogP contribution in [0.5, 0.6) is 0 Å². The Morgan fingerprint density at radius 1 is 1.36 bits per heavy atom. The van der Waals surface area contributed by atoms with Crippen molar-refractivity contribution in [2.75, 3.05) is 0 Å². The Balaban J connectivity index is 3.34. The van der Waals surface area contributed by atoms with E-state index in [2.05, 4.69) is 0 Å². The second-order valence-corrected chi connectivity index (χ2v) is 5.61. The molecule has 6 heteroatoms. The van der Waals surface area contributed by atoms with Crippen LogP contribution >= 0.6 is 22.3 Å². The van der Waals surface area contributed by atoms with Gasteiger partial charge in [0.15, 0.2) is 5.78 Å². The highest BCUT2D eigenvalue weighted by Crippen LogP contribution is 2.23. The van der Waals surface area contributed by atoms with Crippen molar-refractivity contribution in [2.45, 2.75) is 11.8 Å². The second-order valence-electron chi connectivity index (χ2n) is 2.64. The van der Waals surface area contributed by atoms with E-state index in [0.29, 0.717) is 0 Å². The van der Waals surface area contributed by atoms with Crippen molar-refractivity contribution in [1.29, 1.82) is 0 Å². The zero-order valence-corrected chi connectivity index (χ0v) is 9.45. The summed E-state index contributed by atoms with van der Waals surface area (Å²) in [4.78, 5) is 10.8. The van der Waals surface area contributed by atoms with Crippen LogP contribution in [0.4, 0.5) is 0 Å². The van der Waals surface area contributed by atoms with E-state index in [1.165, 1.54) is 19.1 Å². The molecule has 0 bridgehead atoms. The van der Waals surface area contributed by atoms with Gasteiger partial charge in [-0.25, -0.2) is 8.42 Å². The predicted octanol–water partition coefficient (Wildman–Crippen LogP) is 2.47. The smallest absolute Gasteiger partial charge is 0.261 e. The van der Waals surface area contributed by atoms with Gasteiger partial charge in [-0.05, 0) is 25.1 Å². The van der Waals surface area contributed by atoms with Crippen LogP contribution in [0.25, 0.3) is 0 Å². The summed E-state index contributed by atoms with van der Waals surface area (Å²) in [6.07, 6.45) is 0. The Morgan fingerprint density at radius 3 is 2.29 bits per heavy atom. The molecular weight excluding hydrogens is 247 g/mol. The minimum atomic E-state index is -3.79. The highest BCUT2D eigenvalue weighted by Gasteiger charge is 2.13. The quantitative estimate of drug-likeness (QED) is 0.601. The molecule has 0 saturated carbocycles. The summed E-state index contributed by atoms with van der Waals surface area (Å²) in [7, 11) is 1.30. The number of hydrogen-bond donors (Lipinski definition) is 0. The lowest BCUT2D eigenvalue weighted by molar-refractivity contribution is 0.101. The predicted molar refractivity (Wildman–Crippen MR) is 54.5 cm³/mol. The van der Waals surface area contributed by atoms with Crippen LogP contribution in [-0.2, 0) is 9.05 Å². The molecule has 1 aromatic carbocycles. The Hall–Kier alpha value is -0.580. The van der Waals surface area contributed by atoms with E-state index in [0.717, 1.165) is 6.07 Å². The SMILES string of the molecule is CC(=O)c1ccc(S(=O)(=O)Cl)cc1Cl. The van der Waals surface area contributed by atoms with Gasteiger partial charge in [0.2, 0.25) is 0 Å². The first kappa shape index (κ1) is 11.5. The van der Waals surface area contributed by atoms with Crippen LogP contribution in [0.1, 0.15) is 17.3 Å². The van der Waals surface area contributed by atoms with Crippen LogP contribution in [0.3, 0.4) is 0 Å². The normalized spacial score (nSPS) is 11.4. The van der Waals surface area contributed by atoms with Gasteiger partial charge in [0.25, 0.3) is 9.05 Å². The molecule has 0 aliphatic carbocycles. The van der Waals surface area contributed by atoms with Crippen LogP contribution in [-0.4, -0.2) is 14.2 Å². The van der Waals surface area contributed by atoms with E-state index in [1.807, 2.05) is 0 Å². The first-order valence-corrected chi connectivity index (χ1v) is 6.26. The number of ketones is 1. The highest BCUT2D eigenvalue weighted by atomic mass is 35.7. The number of halogens is 2. The number of Topliss-reactive ketones (excluding diaryl/α,β-unsaturated/α-hetero) is 1. The van der Waals surface area contributed by atoms with Crippen LogP contribution in [0.15, 0.2) is 23.1 Å². The fourth-order valence-electron chi connectivity index (χ4n) is 0.933. The van der Waals surface area contributed by atoms with E-state index in [9.17, 15) is 13.2 Å². The Kier molecular flexibility index (Phi) is 3.19. The third-order valence-electron chi connectivity index (χ3n) is 1.60. The minimum Gasteiger partial charge on any atom is -0.294 e. The molecule has 0 fully saturated rings. The van der Waals surface area contributed by atoms with E-state index in [1.54, 1.807) is 0 Å². The van der Waals surface area contributed by atoms with Gasteiger partial charge < -0.3 is 0 Å². The molecule has 0 saturated heterocycles.